The van der Waals surface area contributed by atoms with Gasteiger partial charge in [-0.15, -0.1) is 3.89 Å². The highest BCUT2D eigenvalue weighted by atomic mass is 32.3. The first-order valence-corrected chi connectivity index (χ1v) is 17.0. The lowest BCUT2D eigenvalue weighted by Crippen LogP contribution is -2.29. The largest absolute Gasteiger partial charge is 0.478 e. The summed E-state index contributed by atoms with van der Waals surface area (Å²) in [6, 6.07) is 17.9. The smallest absolute Gasteiger partial charge is 0.336 e. The molecule has 0 aromatic heterocycles. The number of carbonyl (C=O) groups excluding carboxylic acids is 1. The molecule has 1 amide bonds. The molecule has 3 N–H and O–H groups in total. The highest BCUT2D eigenvalue weighted by molar-refractivity contribution is 7.86. The number of anilines is 2. The van der Waals surface area contributed by atoms with Crippen LogP contribution in [0, 0.1) is 0 Å². The first-order chi connectivity index (χ1) is 23.3. The fourth-order valence-electron chi connectivity index (χ4n) is 5.99. The molecular formula is C36H35FN3O8S+. The van der Waals surface area contributed by atoms with E-state index in [0.29, 0.717) is 39.5 Å². The number of benzene rings is 4. The fourth-order valence-corrected chi connectivity index (χ4v) is 6.48. The molecule has 13 heteroatoms. The van der Waals surface area contributed by atoms with Crippen molar-refractivity contribution in [2.45, 2.75) is 32.6 Å². The average Bonchev–Trinajstić information content (AvgIpc) is 3.07. The summed E-state index contributed by atoms with van der Waals surface area (Å²) in [5, 5.41) is 24.0. The van der Waals surface area contributed by atoms with Gasteiger partial charge in [0.25, 0.3) is 5.91 Å². The molecule has 0 saturated carbocycles. The van der Waals surface area contributed by atoms with Crippen molar-refractivity contribution in [1.29, 1.82) is 0 Å². The SMILES string of the molecule is CCN(CC)c1ccc2c(-c3ccc(NC(=O)c4cc(S(=O)(=O)F)ccc4C(=O)O)cc3C(=O)O)c3ccc(=[N+](CC)CC)cc-3oc2c1. The molecule has 0 radical (unpaired) electrons. The number of aromatic carboxylic acids is 2. The molecule has 0 fully saturated rings. The molecule has 1 aliphatic carbocycles. The first-order valence-electron chi connectivity index (χ1n) is 15.7. The molecule has 0 atom stereocenters. The zero-order valence-corrected chi connectivity index (χ0v) is 28.1. The quantitative estimate of drug-likeness (QED) is 0.0839. The fraction of sp³-hybridized carbons (Fsp3) is 0.222. The second-order valence-electron chi connectivity index (χ2n) is 11.2. The van der Waals surface area contributed by atoms with E-state index in [1.165, 1.54) is 18.2 Å². The van der Waals surface area contributed by atoms with Crippen LogP contribution < -0.4 is 20.1 Å². The third kappa shape index (κ3) is 6.88. The van der Waals surface area contributed by atoms with Crippen LogP contribution in [0.2, 0.25) is 0 Å². The van der Waals surface area contributed by atoms with E-state index in [-0.39, 0.29) is 11.3 Å². The summed E-state index contributed by atoms with van der Waals surface area (Å²) in [7, 11) is -5.25. The number of halogens is 1. The Morgan fingerprint density at radius 3 is 2.08 bits per heavy atom. The number of hydrogen-bond donors (Lipinski definition) is 3. The minimum absolute atomic E-state index is 0.0159. The van der Waals surface area contributed by atoms with E-state index in [9.17, 15) is 36.9 Å². The van der Waals surface area contributed by atoms with Gasteiger partial charge in [0.05, 0.1) is 27.7 Å². The van der Waals surface area contributed by atoms with Gasteiger partial charge >= 0.3 is 22.2 Å². The molecule has 3 aromatic carbocycles. The summed E-state index contributed by atoms with van der Waals surface area (Å²) >= 11 is 0. The van der Waals surface area contributed by atoms with Crippen LogP contribution in [0.1, 0.15) is 58.8 Å². The molecule has 5 rings (SSSR count). The van der Waals surface area contributed by atoms with Gasteiger partial charge < -0.3 is 24.8 Å². The van der Waals surface area contributed by atoms with Gasteiger partial charge in [-0.2, -0.15) is 8.42 Å². The topological polar surface area (TPSA) is 157 Å². The number of carbonyl (C=O) groups is 3. The molecule has 3 aromatic rings. The second-order valence-corrected chi connectivity index (χ2v) is 12.5. The van der Waals surface area contributed by atoms with Crippen LogP contribution in [-0.2, 0) is 10.2 Å². The van der Waals surface area contributed by atoms with Crippen LogP contribution in [-0.4, -0.2) is 62.7 Å². The van der Waals surface area contributed by atoms with Crippen LogP contribution in [0.3, 0.4) is 0 Å². The Balaban J connectivity index is 1.71. The van der Waals surface area contributed by atoms with Gasteiger partial charge in [-0.3, -0.25) is 4.79 Å². The van der Waals surface area contributed by atoms with Crippen molar-refractivity contribution in [3.8, 4) is 22.5 Å². The van der Waals surface area contributed by atoms with Gasteiger partial charge in [0, 0.05) is 53.1 Å². The normalized spacial score (nSPS) is 11.4. The lowest BCUT2D eigenvalue weighted by Gasteiger charge is -2.22. The summed E-state index contributed by atoms with van der Waals surface area (Å²) < 4.78 is 45.3. The Hall–Kier alpha value is -5.56. The third-order valence-electron chi connectivity index (χ3n) is 8.47. The molecule has 0 bridgehead atoms. The predicted molar refractivity (Wildman–Crippen MR) is 185 cm³/mol. The maximum atomic E-state index is 13.7. The van der Waals surface area contributed by atoms with Crippen molar-refractivity contribution in [3.63, 3.8) is 0 Å². The molecule has 0 unspecified atom stereocenters. The van der Waals surface area contributed by atoms with E-state index < -0.39 is 44.1 Å². The highest BCUT2D eigenvalue weighted by Crippen LogP contribution is 2.42. The number of hydrogen-bond acceptors (Lipinski definition) is 7. The van der Waals surface area contributed by atoms with Gasteiger partial charge in [-0.05, 0) is 81.8 Å². The van der Waals surface area contributed by atoms with Gasteiger partial charge in [-0.1, -0.05) is 6.07 Å². The van der Waals surface area contributed by atoms with Crippen molar-refractivity contribution in [2.24, 2.45) is 0 Å². The Morgan fingerprint density at radius 2 is 1.47 bits per heavy atom. The Morgan fingerprint density at radius 1 is 0.796 bits per heavy atom. The summed E-state index contributed by atoms with van der Waals surface area (Å²) in [4.78, 5) is 39.0. The summed E-state index contributed by atoms with van der Waals surface area (Å²) in [5.74, 6) is -3.38. The lowest BCUT2D eigenvalue weighted by molar-refractivity contribution is 0.0685. The van der Waals surface area contributed by atoms with Crippen LogP contribution in [0.15, 0.2) is 82.1 Å². The van der Waals surface area contributed by atoms with Gasteiger partial charge in [-0.25, -0.2) is 14.2 Å². The lowest BCUT2D eigenvalue weighted by atomic mass is 9.90. The van der Waals surface area contributed by atoms with Crippen LogP contribution in [0.25, 0.3) is 33.4 Å². The van der Waals surface area contributed by atoms with Gasteiger partial charge in [0.15, 0.2) is 0 Å². The number of nitrogens with one attached hydrogen (secondary N) is 1. The molecule has 0 spiro atoms. The van der Waals surface area contributed by atoms with E-state index >= 15 is 0 Å². The number of nitrogens with zero attached hydrogens (tertiary/aromatic N) is 2. The Labute approximate surface area is 282 Å². The van der Waals surface area contributed by atoms with Crippen molar-refractivity contribution in [3.05, 3.63) is 94.8 Å². The maximum absolute atomic E-state index is 13.7. The number of carboxylic acids is 2. The Bertz CT molecular complexity index is 2270. The van der Waals surface area contributed by atoms with Gasteiger partial charge in [0.2, 0.25) is 5.36 Å². The van der Waals surface area contributed by atoms with E-state index in [1.807, 2.05) is 36.4 Å². The third-order valence-corrected chi connectivity index (χ3v) is 9.29. The predicted octanol–water partition coefficient (Wildman–Crippen LogP) is 6.17. The van der Waals surface area contributed by atoms with Crippen molar-refractivity contribution >= 4 is 50.4 Å². The van der Waals surface area contributed by atoms with Crippen molar-refractivity contribution < 1.29 is 41.3 Å². The zero-order valence-electron chi connectivity index (χ0n) is 27.3. The van der Waals surface area contributed by atoms with Crippen molar-refractivity contribution in [2.75, 3.05) is 36.4 Å². The first kappa shape index (κ1) is 34.8. The number of amides is 1. The van der Waals surface area contributed by atoms with E-state index in [2.05, 4.69) is 42.5 Å². The molecule has 0 saturated heterocycles. The molecule has 1 heterocycles. The molecule has 11 nitrogen and oxygen atoms in total. The summed E-state index contributed by atoms with van der Waals surface area (Å²) in [6.07, 6.45) is 0. The molecule has 49 heavy (non-hydrogen) atoms. The number of rotatable bonds is 11. The minimum atomic E-state index is -5.25. The standard InChI is InChI=1S/C36H34FN3O8S/c1-5-39(6-2)22-10-14-27-31(18-22)48-32-19-23(40(7-3)8-4)11-15-28(32)33(27)25-13-9-21(17-30(25)36(44)45)38-34(41)29-20-24(49(37,46)47)12-16-26(29)35(42)43/h9-20H,5-8H2,1-4H3,(H2,42,43,44,45)/p+1. The van der Waals surface area contributed by atoms with E-state index in [1.54, 1.807) is 0 Å². The minimum Gasteiger partial charge on any atom is -0.478 e. The van der Waals surface area contributed by atoms with Crippen molar-refractivity contribution in [1.82, 2.24) is 4.58 Å². The highest BCUT2D eigenvalue weighted by Gasteiger charge is 2.25. The number of carboxylic acid groups (broad SMARTS) is 2. The maximum Gasteiger partial charge on any atom is 0.336 e. The Kier molecular flexibility index (Phi) is 9.85. The molecule has 1 aliphatic heterocycles. The zero-order chi connectivity index (χ0) is 35.6. The second kappa shape index (κ2) is 13.9. The van der Waals surface area contributed by atoms with Gasteiger partial charge in [0.1, 0.15) is 24.4 Å². The van der Waals surface area contributed by atoms with Crippen LogP contribution in [0.5, 0.6) is 0 Å². The van der Waals surface area contributed by atoms with E-state index in [0.717, 1.165) is 49.4 Å². The summed E-state index contributed by atoms with van der Waals surface area (Å²) in [5.41, 5.74) is 1.68. The monoisotopic (exact) mass is 688 g/mol. The summed E-state index contributed by atoms with van der Waals surface area (Å²) in [6.45, 7) is 11.3. The molecule has 254 valence electrons. The van der Waals surface area contributed by atoms with Crippen LogP contribution >= 0.6 is 0 Å². The average molecular weight is 689 g/mol. The molecule has 2 aliphatic rings. The molecular weight excluding hydrogens is 653 g/mol. The number of fused-ring (bicyclic) bond motifs is 2. The van der Waals surface area contributed by atoms with Crippen LogP contribution in [0.4, 0.5) is 15.3 Å². The van der Waals surface area contributed by atoms with E-state index in [4.69, 9.17) is 4.42 Å².